The number of halogens is 3. The molecule has 0 saturated carbocycles. The summed E-state index contributed by atoms with van der Waals surface area (Å²) < 4.78 is 43.2. The van der Waals surface area contributed by atoms with Crippen molar-refractivity contribution in [3.05, 3.63) is 35.7 Å². The first-order valence-corrected chi connectivity index (χ1v) is 4.99. The number of nitrogens with zero attached hydrogens (tertiary/aromatic N) is 2. The van der Waals surface area contributed by atoms with Gasteiger partial charge in [0.1, 0.15) is 0 Å². The molecule has 90 valence electrons. The van der Waals surface area contributed by atoms with E-state index in [1.165, 1.54) is 12.1 Å². The summed E-state index contributed by atoms with van der Waals surface area (Å²) in [5.41, 5.74) is -0.0560. The topological polar surface area (TPSA) is 38.9 Å². The lowest BCUT2D eigenvalue weighted by molar-refractivity contribution is -0.137. The van der Waals surface area contributed by atoms with E-state index in [1.54, 1.807) is 0 Å². The first-order valence-electron chi connectivity index (χ1n) is 4.99. The van der Waals surface area contributed by atoms with Gasteiger partial charge in [0, 0.05) is 0 Å². The van der Waals surface area contributed by atoms with Gasteiger partial charge in [0.15, 0.2) is 0 Å². The van der Waals surface area contributed by atoms with Gasteiger partial charge < -0.3 is 4.42 Å². The van der Waals surface area contributed by atoms with Crippen LogP contribution in [0.4, 0.5) is 13.2 Å². The SMILES string of the molecule is CCc1ccc(C(F)(F)F)c(-c2nnco2)c1. The summed E-state index contributed by atoms with van der Waals surface area (Å²) in [5.74, 6) is -0.118. The summed E-state index contributed by atoms with van der Waals surface area (Å²) in [5, 5.41) is 6.91. The van der Waals surface area contributed by atoms with Gasteiger partial charge in [-0.05, 0) is 24.1 Å². The molecule has 0 atom stereocenters. The molecule has 0 aliphatic rings. The fraction of sp³-hybridized carbons (Fsp3) is 0.273. The summed E-state index contributed by atoms with van der Waals surface area (Å²) >= 11 is 0. The van der Waals surface area contributed by atoms with E-state index >= 15 is 0 Å². The molecule has 3 nitrogen and oxygen atoms in total. The predicted molar refractivity (Wildman–Crippen MR) is 54.1 cm³/mol. The standard InChI is InChI=1S/C11H9F3N2O/c1-2-7-3-4-9(11(12,13)14)8(5-7)10-16-15-6-17-10/h3-6H,2H2,1H3. The average Bonchev–Trinajstić information content (AvgIpc) is 2.80. The van der Waals surface area contributed by atoms with Gasteiger partial charge in [0.2, 0.25) is 12.3 Å². The van der Waals surface area contributed by atoms with Gasteiger partial charge in [-0.15, -0.1) is 10.2 Å². The van der Waals surface area contributed by atoms with Crippen LogP contribution in [0.1, 0.15) is 18.1 Å². The van der Waals surface area contributed by atoms with Gasteiger partial charge in [-0.25, -0.2) is 0 Å². The molecule has 0 spiro atoms. The molecule has 0 bridgehead atoms. The molecular weight excluding hydrogens is 233 g/mol. The van der Waals surface area contributed by atoms with Gasteiger partial charge in [-0.1, -0.05) is 13.0 Å². The highest BCUT2D eigenvalue weighted by atomic mass is 19.4. The highest BCUT2D eigenvalue weighted by Gasteiger charge is 2.34. The zero-order chi connectivity index (χ0) is 12.5. The van der Waals surface area contributed by atoms with Crippen molar-refractivity contribution in [1.82, 2.24) is 10.2 Å². The molecule has 0 radical (unpaired) electrons. The van der Waals surface area contributed by atoms with Crippen molar-refractivity contribution in [3.63, 3.8) is 0 Å². The minimum Gasteiger partial charge on any atom is -0.423 e. The maximum atomic E-state index is 12.8. The lowest BCUT2D eigenvalue weighted by atomic mass is 10.0. The fourth-order valence-corrected chi connectivity index (χ4v) is 1.53. The Labute approximate surface area is 95.3 Å². The molecule has 0 aliphatic heterocycles. The molecule has 0 unspecified atom stereocenters. The molecule has 17 heavy (non-hydrogen) atoms. The average molecular weight is 242 g/mol. The second kappa shape index (κ2) is 4.20. The second-order valence-electron chi connectivity index (χ2n) is 3.48. The summed E-state index contributed by atoms with van der Waals surface area (Å²) in [4.78, 5) is 0. The summed E-state index contributed by atoms with van der Waals surface area (Å²) in [7, 11) is 0. The number of hydrogen-bond acceptors (Lipinski definition) is 3. The quantitative estimate of drug-likeness (QED) is 0.810. The highest BCUT2D eigenvalue weighted by molar-refractivity contribution is 5.60. The van der Waals surface area contributed by atoms with Crippen LogP contribution < -0.4 is 0 Å². The number of rotatable bonds is 2. The zero-order valence-corrected chi connectivity index (χ0v) is 8.95. The predicted octanol–water partition coefficient (Wildman–Crippen LogP) is 3.32. The van der Waals surface area contributed by atoms with E-state index < -0.39 is 11.7 Å². The molecule has 0 N–H and O–H groups in total. The van der Waals surface area contributed by atoms with Gasteiger partial charge in [0.05, 0.1) is 11.1 Å². The van der Waals surface area contributed by atoms with Crippen LogP contribution in [0.15, 0.2) is 29.0 Å². The van der Waals surface area contributed by atoms with Crippen molar-refractivity contribution in [2.45, 2.75) is 19.5 Å². The van der Waals surface area contributed by atoms with Gasteiger partial charge in [0.25, 0.3) is 0 Å². The minimum absolute atomic E-state index is 0.0747. The number of aryl methyl sites for hydroxylation is 1. The normalized spacial score (nSPS) is 11.8. The Bertz CT molecular complexity index is 506. The third-order valence-electron chi connectivity index (χ3n) is 2.39. The molecule has 1 heterocycles. The highest BCUT2D eigenvalue weighted by Crippen LogP contribution is 2.36. The van der Waals surface area contributed by atoms with Crippen molar-refractivity contribution in [1.29, 1.82) is 0 Å². The number of hydrogen-bond donors (Lipinski definition) is 0. The first-order chi connectivity index (χ1) is 8.02. The monoisotopic (exact) mass is 242 g/mol. The van der Waals surface area contributed by atoms with Crippen LogP contribution in [0.2, 0.25) is 0 Å². The van der Waals surface area contributed by atoms with E-state index in [0.717, 1.165) is 18.0 Å². The maximum Gasteiger partial charge on any atom is 0.417 e. The van der Waals surface area contributed by atoms with Crippen LogP contribution in [-0.2, 0) is 12.6 Å². The van der Waals surface area contributed by atoms with E-state index in [1.807, 2.05) is 6.92 Å². The molecule has 0 saturated heterocycles. The summed E-state index contributed by atoms with van der Waals surface area (Å²) in [6.45, 7) is 1.86. The third-order valence-corrected chi connectivity index (χ3v) is 2.39. The Morgan fingerprint density at radius 1 is 1.29 bits per heavy atom. The molecule has 2 aromatic rings. The molecule has 6 heteroatoms. The van der Waals surface area contributed by atoms with Crippen LogP contribution >= 0.6 is 0 Å². The molecule has 0 aliphatic carbocycles. The number of alkyl halides is 3. The number of benzene rings is 1. The lowest BCUT2D eigenvalue weighted by Crippen LogP contribution is -2.07. The molecule has 0 amide bonds. The zero-order valence-electron chi connectivity index (χ0n) is 8.95. The van der Waals surface area contributed by atoms with Gasteiger partial charge in [-0.3, -0.25) is 0 Å². The minimum atomic E-state index is -4.43. The van der Waals surface area contributed by atoms with Crippen molar-refractivity contribution in [2.75, 3.05) is 0 Å². The molecule has 0 fully saturated rings. The van der Waals surface area contributed by atoms with E-state index in [0.29, 0.717) is 6.42 Å². The molecule has 1 aromatic carbocycles. The fourth-order valence-electron chi connectivity index (χ4n) is 1.53. The largest absolute Gasteiger partial charge is 0.423 e. The van der Waals surface area contributed by atoms with Crippen LogP contribution in [0.25, 0.3) is 11.5 Å². The second-order valence-corrected chi connectivity index (χ2v) is 3.48. The third kappa shape index (κ3) is 2.30. The summed E-state index contributed by atoms with van der Waals surface area (Å²) in [6.07, 6.45) is -2.79. The van der Waals surface area contributed by atoms with Gasteiger partial charge >= 0.3 is 6.18 Å². The van der Waals surface area contributed by atoms with Crippen molar-refractivity contribution in [2.24, 2.45) is 0 Å². The van der Waals surface area contributed by atoms with E-state index in [2.05, 4.69) is 10.2 Å². The van der Waals surface area contributed by atoms with Crippen LogP contribution in [0, 0.1) is 0 Å². The molecule has 2 rings (SSSR count). The van der Waals surface area contributed by atoms with Crippen molar-refractivity contribution < 1.29 is 17.6 Å². The first kappa shape index (κ1) is 11.6. The van der Waals surface area contributed by atoms with Crippen LogP contribution in [-0.4, -0.2) is 10.2 Å². The Morgan fingerprint density at radius 2 is 2.06 bits per heavy atom. The summed E-state index contributed by atoms with van der Waals surface area (Å²) in [6, 6.07) is 3.91. The van der Waals surface area contributed by atoms with E-state index in [-0.39, 0.29) is 11.5 Å². The molecular formula is C11H9F3N2O. The lowest BCUT2D eigenvalue weighted by Gasteiger charge is -2.11. The Hall–Kier alpha value is -1.85. The maximum absolute atomic E-state index is 12.8. The Morgan fingerprint density at radius 3 is 2.59 bits per heavy atom. The van der Waals surface area contributed by atoms with E-state index in [9.17, 15) is 13.2 Å². The van der Waals surface area contributed by atoms with E-state index in [4.69, 9.17) is 4.42 Å². The Balaban J connectivity index is 2.61. The number of aromatic nitrogens is 2. The Kier molecular flexibility index (Phi) is 2.87. The van der Waals surface area contributed by atoms with Crippen molar-refractivity contribution >= 4 is 0 Å². The van der Waals surface area contributed by atoms with Crippen molar-refractivity contribution in [3.8, 4) is 11.5 Å². The van der Waals surface area contributed by atoms with Crippen LogP contribution in [0.5, 0.6) is 0 Å². The van der Waals surface area contributed by atoms with Gasteiger partial charge in [-0.2, -0.15) is 13.2 Å². The van der Waals surface area contributed by atoms with Crippen LogP contribution in [0.3, 0.4) is 0 Å². The molecule has 1 aromatic heterocycles. The smallest absolute Gasteiger partial charge is 0.417 e.